The number of phenolic OH excluding ortho intramolecular Hbond substituents is 1. The Kier molecular flexibility index (Phi) is 4.10. The van der Waals surface area contributed by atoms with Crippen LogP contribution < -0.4 is 5.32 Å². The van der Waals surface area contributed by atoms with E-state index in [1.165, 1.54) is 18.2 Å². The van der Waals surface area contributed by atoms with Gasteiger partial charge < -0.3 is 10.4 Å². The summed E-state index contributed by atoms with van der Waals surface area (Å²) >= 11 is 6.03. The van der Waals surface area contributed by atoms with Crippen LogP contribution >= 0.6 is 11.6 Å². The first kappa shape index (κ1) is 14.1. The van der Waals surface area contributed by atoms with E-state index in [1.54, 1.807) is 18.2 Å². The van der Waals surface area contributed by atoms with Crippen molar-refractivity contribution >= 4 is 23.0 Å². The number of nitrogens with zero attached hydrogens (tertiary/aromatic N) is 1. The zero-order valence-electron chi connectivity index (χ0n) is 10.7. The number of hydrogen-bond acceptors (Lipinski definition) is 4. The second-order valence-corrected chi connectivity index (χ2v) is 4.79. The van der Waals surface area contributed by atoms with E-state index in [4.69, 9.17) is 11.6 Å². The molecular weight excluding hydrogens is 280 g/mol. The van der Waals surface area contributed by atoms with Gasteiger partial charge in [-0.2, -0.15) is 0 Å². The Balaban J connectivity index is 2.25. The Hall–Kier alpha value is -2.27. The number of halogens is 1. The molecule has 1 unspecified atom stereocenters. The van der Waals surface area contributed by atoms with Gasteiger partial charge in [0.2, 0.25) is 0 Å². The van der Waals surface area contributed by atoms with E-state index in [9.17, 15) is 15.2 Å². The van der Waals surface area contributed by atoms with Gasteiger partial charge in [-0.05, 0) is 30.7 Å². The topological polar surface area (TPSA) is 75.4 Å². The van der Waals surface area contributed by atoms with Crippen LogP contribution in [0.25, 0.3) is 0 Å². The van der Waals surface area contributed by atoms with Gasteiger partial charge in [0.15, 0.2) is 0 Å². The molecule has 0 spiro atoms. The van der Waals surface area contributed by atoms with Crippen LogP contribution in [0.15, 0.2) is 42.5 Å². The Labute approximate surface area is 121 Å². The lowest BCUT2D eigenvalue weighted by Crippen LogP contribution is -2.07. The van der Waals surface area contributed by atoms with E-state index in [2.05, 4.69) is 5.32 Å². The molecule has 0 bridgehead atoms. The molecule has 2 rings (SSSR count). The van der Waals surface area contributed by atoms with E-state index < -0.39 is 4.92 Å². The lowest BCUT2D eigenvalue weighted by molar-refractivity contribution is -0.384. The highest BCUT2D eigenvalue weighted by atomic mass is 35.5. The van der Waals surface area contributed by atoms with Crippen LogP contribution in [0.1, 0.15) is 18.5 Å². The molecule has 0 aliphatic heterocycles. The van der Waals surface area contributed by atoms with Gasteiger partial charge in [0.1, 0.15) is 5.75 Å². The van der Waals surface area contributed by atoms with Gasteiger partial charge in [-0.15, -0.1) is 0 Å². The molecule has 2 aromatic carbocycles. The van der Waals surface area contributed by atoms with Crippen LogP contribution in [-0.4, -0.2) is 10.0 Å². The summed E-state index contributed by atoms with van der Waals surface area (Å²) in [5.41, 5.74) is 1.31. The van der Waals surface area contributed by atoms with Gasteiger partial charge >= 0.3 is 0 Å². The number of nitro groups is 1. The number of rotatable bonds is 4. The largest absolute Gasteiger partial charge is 0.508 e. The molecule has 5 nitrogen and oxygen atoms in total. The number of aromatic hydroxyl groups is 1. The maximum Gasteiger partial charge on any atom is 0.271 e. The maximum atomic E-state index is 10.8. The predicted molar refractivity (Wildman–Crippen MR) is 78.3 cm³/mol. The van der Waals surface area contributed by atoms with Crippen LogP contribution in [0.3, 0.4) is 0 Å². The quantitative estimate of drug-likeness (QED) is 0.656. The molecule has 0 saturated carbocycles. The third-order valence-corrected chi connectivity index (χ3v) is 3.23. The van der Waals surface area contributed by atoms with E-state index >= 15 is 0 Å². The summed E-state index contributed by atoms with van der Waals surface area (Å²) < 4.78 is 0. The lowest BCUT2D eigenvalue weighted by atomic mass is 10.1. The van der Waals surface area contributed by atoms with Gasteiger partial charge in [0.05, 0.1) is 15.6 Å². The minimum atomic E-state index is -0.472. The Morgan fingerprint density at radius 3 is 2.70 bits per heavy atom. The molecule has 104 valence electrons. The number of anilines is 1. The molecule has 6 heteroatoms. The molecule has 0 radical (unpaired) electrons. The zero-order valence-corrected chi connectivity index (χ0v) is 11.5. The first-order chi connectivity index (χ1) is 9.47. The molecule has 0 aromatic heterocycles. The molecule has 0 amide bonds. The third kappa shape index (κ3) is 3.19. The van der Waals surface area contributed by atoms with Crippen LogP contribution in [0, 0.1) is 10.1 Å². The molecule has 0 aliphatic rings. The second kappa shape index (κ2) is 5.79. The van der Waals surface area contributed by atoms with Crippen LogP contribution in [0.5, 0.6) is 5.75 Å². The van der Waals surface area contributed by atoms with Crippen molar-refractivity contribution < 1.29 is 10.0 Å². The highest BCUT2D eigenvalue weighted by Gasteiger charge is 2.12. The highest BCUT2D eigenvalue weighted by molar-refractivity contribution is 6.33. The highest BCUT2D eigenvalue weighted by Crippen LogP contribution is 2.30. The minimum absolute atomic E-state index is 0.0278. The van der Waals surface area contributed by atoms with Crippen molar-refractivity contribution in [1.29, 1.82) is 0 Å². The SMILES string of the molecule is CC(Nc1cc([N+](=O)[O-])ccc1Cl)c1cccc(O)c1. The number of non-ortho nitro benzene ring substituents is 1. The molecule has 1 atom stereocenters. The van der Waals surface area contributed by atoms with Crippen LogP contribution in [-0.2, 0) is 0 Å². The average Bonchev–Trinajstić information content (AvgIpc) is 2.41. The molecule has 20 heavy (non-hydrogen) atoms. The monoisotopic (exact) mass is 292 g/mol. The Morgan fingerprint density at radius 2 is 2.05 bits per heavy atom. The summed E-state index contributed by atoms with van der Waals surface area (Å²) in [6, 6.07) is 10.9. The minimum Gasteiger partial charge on any atom is -0.508 e. The normalized spacial score (nSPS) is 11.9. The van der Waals surface area contributed by atoms with Crippen molar-refractivity contribution in [2.45, 2.75) is 13.0 Å². The first-order valence-corrected chi connectivity index (χ1v) is 6.34. The lowest BCUT2D eigenvalue weighted by Gasteiger charge is -2.16. The van der Waals surface area contributed by atoms with Crippen molar-refractivity contribution in [2.75, 3.05) is 5.32 Å². The maximum absolute atomic E-state index is 10.8. The van der Waals surface area contributed by atoms with Gasteiger partial charge in [-0.1, -0.05) is 23.7 Å². The predicted octanol–water partition coefficient (Wildman–Crippen LogP) is 4.13. The van der Waals surface area contributed by atoms with E-state index in [1.807, 2.05) is 13.0 Å². The molecule has 0 heterocycles. The zero-order chi connectivity index (χ0) is 14.7. The van der Waals surface area contributed by atoms with E-state index in [-0.39, 0.29) is 17.5 Å². The standard InChI is InChI=1S/C14H13ClN2O3/c1-9(10-3-2-4-12(18)7-10)16-14-8-11(17(19)20)5-6-13(14)15/h2-9,16,18H,1H3. The summed E-state index contributed by atoms with van der Waals surface area (Å²) in [6.45, 7) is 1.88. The van der Waals surface area contributed by atoms with Gasteiger partial charge in [0.25, 0.3) is 5.69 Å². The van der Waals surface area contributed by atoms with Crippen molar-refractivity contribution in [3.05, 3.63) is 63.2 Å². The molecular formula is C14H13ClN2O3. The van der Waals surface area contributed by atoms with Crippen LogP contribution in [0.2, 0.25) is 5.02 Å². The molecule has 0 fully saturated rings. The average molecular weight is 293 g/mol. The molecule has 0 aliphatic carbocycles. The summed E-state index contributed by atoms with van der Waals surface area (Å²) in [5, 5.41) is 23.7. The first-order valence-electron chi connectivity index (χ1n) is 5.97. The molecule has 0 saturated heterocycles. The fourth-order valence-electron chi connectivity index (χ4n) is 1.85. The van der Waals surface area contributed by atoms with E-state index in [0.717, 1.165) is 5.56 Å². The van der Waals surface area contributed by atoms with Gasteiger partial charge in [0, 0.05) is 18.2 Å². The van der Waals surface area contributed by atoms with Crippen LogP contribution in [0.4, 0.5) is 11.4 Å². The third-order valence-electron chi connectivity index (χ3n) is 2.90. The fourth-order valence-corrected chi connectivity index (χ4v) is 2.02. The Bertz CT molecular complexity index is 646. The Morgan fingerprint density at radius 1 is 1.30 bits per heavy atom. The fraction of sp³-hybridized carbons (Fsp3) is 0.143. The number of nitrogens with one attached hydrogen (secondary N) is 1. The summed E-state index contributed by atoms with van der Waals surface area (Å²) in [5.74, 6) is 0.168. The number of benzene rings is 2. The van der Waals surface area contributed by atoms with Gasteiger partial charge in [-0.25, -0.2) is 0 Å². The number of hydrogen-bond donors (Lipinski definition) is 2. The number of phenols is 1. The van der Waals surface area contributed by atoms with Crippen molar-refractivity contribution in [2.24, 2.45) is 0 Å². The van der Waals surface area contributed by atoms with Crippen molar-refractivity contribution in [3.8, 4) is 5.75 Å². The molecule has 2 aromatic rings. The van der Waals surface area contributed by atoms with Crippen molar-refractivity contribution in [3.63, 3.8) is 0 Å². The van der Waals surface area contributed by atoms with Crippen molar-refractivity contribution in [1.82, 2.24) is 0 Å². The smallest absolute Gasteiger partial charge is 0.271 e. The van der Waals surface area contributed by atoms with Gasteiger partial charge in [-0.3, -0.25) is 10.1 Å². The molecule has 2 N–H and O–H groups in total. The second-order valence-electron chi connectivity index (χ2n) is 4.38. The summed E-state index contributed by atoms with van der Waals surface area (Å²) in [7, 11) is 0. The van der Waals surface area contributed by atoms with E-state index in [0.29, 0.717) is 10.7 Å². The summed E-state index contributed by atoms with van der Waals surface area (Å²) in [6.07, 6.45) is 0. The number of nitro benzene ring substituents is 1. The summed E-state index contributed by atoms with van der Waals surface area (Å²) in [4.78, 5) is 10.3.